The molecule has 168 valence electrons. The number of hydrogen-bond donors (Lipinski definition) is 1. The first kappa shape index (κ1) is 22.3. The number of amides is 1. The summed E-state index contributed by atoms with van der Waals surface area (Å²) in [7, 11) is 0. The van der Waals surface area contributed by atoms with Crippen molar-refractivity contribution in [3.63, 3.8) is 0 Å². The van der Waals surface area contributed by atoms with Crippen LogP contribution in [-0.2, 0) is 27.1 Å². The van der Waals surface area contributed by atoms with Gasteiger partial charge in [0.15, 0.2) is 6.61 Å². The fourth-order valence-corrected chi connectivity index (χ4v) is 5.36. The standard InChI is InChI=1S/C24H26N2O5S/c1-15-4-9-19-20(12-25)23(32-21(19)11-15)26-22(27)14-31-24(28)16-5-7-17(8-6-16)30-13-18-3-2-10-29-18/h5-8,15,18H,2-4,9-11,13-14H2,1H3,(H,26,27)/t15-,18-/m1/s1. The maximum atomic E-state index is 12.3. The summed E-state index contributed by atoms with van der Waals surface area (Å²) >= 11 is 1.45. The smallest absolute Gasteiger partial charge is 0.338 e. The van der Waals surface area contributed by atoms with Gasteiger partial charge in [0.1, 0.15) is 23.4 Å². The molecule has 0 spiro atoms. The number of fused-ring (bicyclic) bond motifs is 1. The van der Waals surface area contributed by atoms with Crippen LogP contribution in [0, 0.1) is 17.2 Å². The number of nitrogens with one attached hydrogen (secondary N) is 1. The normalized spacial score (nSPS) is 19.6. The Kier molecular flexibility index (Phi) is 7.08. The van der Waals surface area contributed by atoms with E-state index >= 15 is 0 Å². The minimum absolute atomic E-state index is 0.122. The van der Waals surface area contributed by atoms with Gasteiger partial charge in [0.2, 0.25) is 0 Å². The Morgan fingerprint density at radius 3 is 2.81 bits per heavy atom. The van der Waals surface area contributed by atoms with Crippen LogP contribution in [0.2, 0.25) is 0 Å². The van der Waals surface area contributed by atoms with Gasteiger partial charge in [0, 0.05) is 11.5 Å². The first-order chi connectivity index (χ1) is 15.5. The van der Waals surface area contributed by atoms with Gasteiger partial charge in [-0.3, -0.25) is 4.79 Å². The number of hydrogen-bond acceptors (Lipinski definition) is 7. The van der Waals surface area contributed by atoms with Crippen LogP contribution < -0.4 is 10.1 Å². The highest BCUT2D eigenvalue weighted by Gasteiger charge is 2.25. The number of thiophene rings is 1. The lowest BCUT2D eigenvalue weighted by Crippen LogP contribution is -2.21. The second-order valence-electron chi connectivity index (χ2n) is 8.26. The average molecular weight is 455 g/mol. The van der Waals surface area contributed by atoms with Crippen LogP contribution in [0.5, 0.6) is 5.75 Å². The van der Waals surface area contributed by atoms with Crippen molar-refractivity contribution in [1.82, 2.24) is 0 Å². The van der Waals surface area contributed by atoms with Crippen molar-refractivity contribution in [3.8, 4) is 11.8 Å². The Labute approximate surface area is 191 Å². The molecule has 0 unspecified atom stereocenters. The Morgan fingerprint density at radius 1 is 1.28 bits per heavy atom. The fourth-order valence-electron chi connectivity index (χ4n) is 3.99. The van der Waals surface area contributed by atoms with Crippen LogP contribution in [0.4, 0.5) is 5.00 Å². The molecular formula is C24H26N2O5S. The SMILES string of the molecule is C[C@@H]1CCc2c(sc(NC(=O)COC(=O)c3ccc(OC[C@H]4CCCO4)cc3)c2C#N)C1. The fraction of sp³-hybridized carbons (Fsp3) is 0.458. The van der Waals surface area contributed by atoms with Gasteiger partial charge in [-0.05, 0) is 67.9 Å². The summed E-state index contributed by atoms with van der Waals surface area (Å²) in [6.45, 7) is 3.03. The molecule has 1 aromatic heterocycles. The van der Waals surface area contributed by atoms with Crippen LogP contribution in [0.1, 0.15) is 52.5 Å². The number of carbonyl (C=O) groups is 2. The molecule has 2 heterocycles. The predicted octanol–water partition coefficient (Wildman–Crippen LogP) is 4.10. The van der Waals surface area contributed by atoms with Gasteiger partial charge < -0.3 is 19.5 Å². The van der Waals surface area contributed by atoms with E-state index in [4.69, 9.17) is 14.2 Å². The van der Waals surface area contributed by atoms with E-state index in [1.165, 1.54) is 11.3 Å². The number of benzene rings is 1. The summed E-state index contributed by atoms with van der Waals surface area (Å²) in [6, 6.07) is 8.82. The third-order valence-corrected chi connectivity index (χ3v) is 6.93. The maximum Gasteiger partial charge on any atom is 0.338 e. The summed E-state index contributed by atoms with van der Waals surface area (Å²) in [5, 5.41) is 12.8. The number of carbonyl (C=O) groups excluding carboxylic acids is 2. The van der Waals surface area contributed by atoms with E-state index in [0.717, 1.165) is 49.2 Å². The first-order valence-corrected chi connectivity index (χ1v) is 11.7. The Balaban J connectivity index is 1.28. The van der Waals surface area contributed by atoms with Crippen LogP contribution in [-0.4, -0.2) is 37.8 Å². The summed E-state index contributed by atoms with van der Waals surface area (Å²) < 4.78 is 16.4. The zero-order chi connectivity index (χ0) is 22.5. The lowest BCUT2D eigenvalue weighted by molar-refractivity contribution is -0.119. The van der Waals surface area contributed by atoms with Crippen LogP contribution in [0.15, 0.2) is 24.3 Å². The molecule has 0 bridgehead atoms. The zero-order valence-corrected chi connectivity index (χ0v) is 18.8. The monoisotopic (exact) mass is 454 g/mol. The number of rotatable bonds is 7. The van der Waals surface area contributed by atoms with Gasteiger partial charge in [0.25, 0.3) is 5.91 Å². The summed E-state index contributed by atoms with van der Waals surface area (Å²) in [4.78, 5) is 25.8. The Morgan fingerprint density at radius 2 is 2.09 bits per heavy atom. The highest BCUT2D eigenvalue weighted by Crippen LogP contribution is 2.39. The van der Waals surface area contributed by atoms with Crippen molar-refractivity contribution >= 4 is 28.2 Å². The summed E-state index contributed by atoms with van der Waals surface area (Å²) in [5.41, 5.74) is 1.92. The minimum atomic E-state index is -0.592. The second-order valence-corrected chi connectivity index (χ2v) is 9.37. The molecule has 4 rings (SSSR count). The van der Waals surface area contributed by atoms with Crippen molar-refractivity contribution in [2.75, 3.05) is 25.1 Å². The number of anilines is 1. The molecule has 7 nitrogen and oxygen atoms in total. The number of esters is 1. The third kappa shape index (κ3) is 5.29. The minimum Gasteiger partial charge on any atom is -0.491 e. The molecule has 0 radical (unpaired) electrons. The van der Waals surface area contributed by atoms with E-state index in [9.17, 15) is 14.9 Å². The molecule has 2 atom stereocenters. The Bertz CT molecular complexity index is 1020. The highest BCUT2D eigenvalue weighted by molar-refractivity contribution is 7.16. The van der Waals surface area contributed by atoms with E-state index in [2.05, 4.69) is 18.3 Å². The predicted molar refractivity (Wildman–Crippen MR) is 120 cm³/mol. The quantitative estimate of drug-likeness (QED) is 0.633. The molecule has 1 aliphatic heterocycles. The van der Waals surface area contributed by atoms with Gasteiger partial charge >= 0.3 is 5.97 Å². The third-order valence-electron chi connectivity index (χ3n) is 5.76. The van der Waals surface area contributed by atoms with E-state index < -0.39 is 18.5 Å². The average Bonchev–Trinajstić information content (AvgIpc) is 3.43. The van der Waals surface area contributed by atoms with Crippen molar-refractivity contribution in [2.24, 2.45) is 5.92 Å². The molecule has 1 aliphatic carbocycles. The lowest BCUT2D eigenvalue weighted by Gasteiger charge is -2.17. The zero-order valence-electron chi connectivity index (χ0n) is 18.0. The van der Waals surface area contributed by atoms with Crippen molar-refractivity contribution in [3.05, 3.63) is 45.8 Å². The van der Waals surface area contributed by atoms with Crippen molar-refractivity contribution in [2.45, 2.75) is 45.1 Å². The molecule has 1 fully saturated rings. The molecule has 2 aliphatic rings. The summed E-state index contributed by atoms with van der Waals surface area (Å²) in [6.07, 6.45) is 4.99. The number of ether oxygens (including phenoxy) is 3. The lowest BCUT2D eigenvalue weighted by atomic mass is 9.89. The van der Waals surface area contributed by atoms with Gasteiger partial charge in [-0.25, -0.2) is 4.79 Å². The topological polar surface area (TPSA) is 97.7 Å². The second kappa shape index (κ2) is 10.2. The molecule has 1 amide bonds. The van der Waals surface area contributed by atoms with E-state index in [1.807, 2.05) is 0 Å². The van der Waals surface area contributed by atoms with Crippen molar-refractivity contribution in [1.29, 1.82) is 5.26 Å². The van der Waals surface area contributed by atoms with E-state index in [0.29, 0.717) is 34.4 Å². The maximum absolute atomic E-state index is 12.3. The summed E-state index contributed by atoms with van der Waals surface area (Å²) in [5.74, 6) is 0.170. The molecular weight excluding hydrogens is 428 g/mol. The molecule has 1 aromatic carbocycles. The largest absolute Gasteiger partial charge is 0.491 e. The van der Waals surface area contributed by atoms with Gasteiger partial charge in [-0.1, -0.05) is 6.92 Å². The van der Waals surface area contributed by atoms with Crippen LogP contribution >= 0.6 is 11.3 Å². The molecule has 0 saturated carbocycles. The van der Waals surface area contributed by atoms with E-state index in [-0.39, 0.29) is 6.10 Å². The molecule has 32 heavy (non-hydrogen) atoms. The number of nitriles is 1. The van der Waals surface area contributed by atoms with Gasteiger partial charge in [-0.15, -0.1) is 11.3 Å². The molecule has 8 heteroatoms. The molecule has 1 N–H and O–H groups in total. The first-order valence-electron chi connectivity index (χ1n) is 10.9. The van der Waals surface area contributed by atoms with E-state index in [1.54, 1.807) is 24.3 Å². The Hall–Kier alpha value is -2.89. The number of nitrogens with zero attached hydrogens (tertiary/aromatic N) is 1. The van der Waals surface area contributed by atoms with Crippen LogP contribution in [0.3, 0.4) is 0 Å². The highest BCUT2D eigenvalue weighted by atomic mass is 32.1. The van der Waals surface area contributed by atoms with Crippen LogP contribution in [0.25, 0.3) is 0 Å². The van der Waals surface area contributed by atoms with Crippen molar-refractivity contribution < 1.29 is 23.8 Å². The van der Waals surface area contributed by atoms with Gasteiger partial charge in [-0.2, -0.15) is 5.26 Å². The molecule has 1 saturated heterocycles. The van der Waals surface area contributed by atoms with Gasteiger partial charge in [0.05, 0.1) is 17.2 Å². The molecule has 2 aromatic rings.